The number of Topliss-reactive ketones (excluding diaryl/α,β-unsaturated/α-hetero) is 1. The van der Waals surface area contributed by atoms with E-state index in [2.05, 4.69) is 4.90 Å². The molecule has 0 radical (unpaired) electrons. The van der Waals surface area contributed by atoms with E-state index in [4.69, 9.17) is 5.11 Å². The van der Waals surface area contributed by atoms with Crippen molar-refractivity contribution in [2.45, 2.75) is 25.7 Å². The van der Waals surface area contributed by atoms with Crippen LogP contribution in [0.5, 0.6) is 0 Å². The van der Waals surface area contributed by atoms with Crippen molar-refractivity contribution < 1.29 is 14.7 Å². The molecule has 0 aliphatic carbocycles. The summed E-state index contributed by atoms with van der Waals surface area (Å²) in [5.41, 5.74) is 1.81. The Morgan fingerprint density at radius 2 is 2.00 bits per heavy atom. The highest BCUT2D eigenvalue weighted by Gasteiger charge is 2.18. The molecule has 1 heterocycles. The minimum Gasteiger partial charge on any atom is -0.481 e. The fourth-order valence-corrected chi connectivity index (χ4v) is 2.15. The molecule has 1 fully saturated rings. The molecule has 96 valence electrons. The number of aliphatic carboxylic acids is 1. The van der Waals surface area contributed by atoms with Gasteiger partial charge < -0.3 is 10.0 Å². The highest BCUT2D eigenvalue weighted by Crippen LogP contribution is 2.24. The molecule has 1 aromatic carbocycles. The van der Waals surface area contributed by atoms with Crippen LogP contribution in [-0.4, -0.2) is 29.9 Å². The van der Waals surface area contributed by atoms with Crippen LogP contribution in [0.2, 0.25) is 0 Å². The highest BCUT2D eigenvalue weighted by atomic mass is 16.4. The van der Waals surface area contributed by atoms with Crippen molar-refractivity contribution in [1.29, 1.82) is 0 Å². The lowest BCUT2D eigenvalue weighted by Gasteiger charge is -2.28. The molecule has 1 aromatic rings. The van der Waals surface area contributed by atoms with Crippen LogP contribution in [0.25, 0.3) is 0 Å². The second kappa shape index (κ2) is 5.21. The van der Waals surface area contributed by atoms with Crippen molar-refractivity contribution in [3.63, 3.8) is 0 Å². The molecular weight excluding hydrogens is 230 g/mol. The van der Waals surface area contributed by atoms with E-state index >= 15 is 0 Å². The lowest BCUT2D eigenvalue weighted by Crippen LogP contribution is -2.33. The summed E-state index contributed by atoms with van der Waals surface area (Å²) in [5.74, 6) is -1.02. The maximum Gasteiger partial charge on any atom is 0.310 e. The van der Waals surface area contributed by atoms with Gasteiger partial charge in [0.25, 0.3) is 0 Å². The van der Waals surface area contributed by atoms with Gasteiger partial charge in [-0.2, -0.15) is 0 Å². The molecular formula is C14H17NO3. The van der Waals surface area contributed by atoms with Crippen LogP contribution < -0.4 is 4.90 Å². The van der Waals surface area contributed by atoms with Gasteiger partial charge in [-0.25, -0.2) is 0 Å². The number of carbonyl (C=O) groups excluding carboxylic acids is 1. The molecule has 1 N–H and O–H groups in total. The third-order valence-electron chi connectivity index (χ3n) is 3.43. The van der Waals surface area contributed by atoms with Gasteiger partial charge >= 0.3 is 5.97 Å². The predicted molar refractivity (Wildman–Crippen MR) is 68.9 cm³/mol. The molecule has 1 saturated heterocycles. The van der Waals surface area contributed by atoms with Crippen LogP contribution >= 0.6 is 0 Å². The Balaban J connectivity index is 2.17. The fourth-order valence-electron chi connectivity index (χ4n) is 2.15. The van der Waals surface area contributed by atoms with Crippen molar-refractivity contribution >= 4 is 17.4 Å². The van der Waals surface area contributed by atoms with Crippen molar-refractivity contribution in [2.24, 2.45) is 0 Å². The summed E-state index contributed by atoms with van der Waals surface area (Å²) in [5, 5.41) is 9.01. The van der Waals surface area contributed by atoms with Gasteiger partial charge in [0.15, 0.2) is 0 Å². The topological polar surface area (TPSA) is 57.6 Å². The van der Waals surface area contributed by atoms with Gasteiger partial charge in [-0.1, -0.05) is 12.1 Å². The van der Waals surface area contributed by atoms with E-state index in [9.17, 15) is 9.59 Å². The summed E-state index contributed by atoms with van der Waals surface area (Å²) < 4.78 is 0. The zero-order valence-electron chi connectivity index (χ0n) is 10.4. The highest BCUT2D eigenvalue weighted by molar-refractivity contribution is 5.81. The van der Waals surface area contributed by atoms with Crippen molar-refractivity contribution in [3.8, 4) is 0 Å². The molecule has 0 aromatic heterocycles. The number of carboxylic acids is 1. The monoisotopic (exact) mass is 247 g/mol. The summed E-state index contributed by atoms with van der Waals surface area (Å²) in [4.78, 5) is 24.3. The van der Waals surface area contributed by atoms with Gasteiger partial charge in [-0.05, 0) is 24.6 Å². The van der Waals surface area contributed by atoms with Crippen LogP contribution in [0.4, 0.5) is 5.69 Å². The van der Waals surface area contributed by atoms with E-state index in [0.717, 1.165) is 24.3 Å². The lowest BCUT2D eigenvalue weighted by atomic mass is 10.00. The summed E-state index contributed by atoms with van der Waals surface area (Å²) in [6, 6.07) is 7.58. The Hall–Kier alpha value is -1.84. The van der Waals surface area contributed by atoms with Gasteiger partial charge in [0.1, 0.15) is 5.78 Å². The molecule has 1 unspecified atom stereocenters. The lowest BCUT2D eigenvalue weighted by molar-refractivity contribution is -0.138. The molecule has 0 bridgehead atoms. The zero-order valence-corrected chi connectivity index (χ0v) is 10.4. The first kappa shape index (κ1) is 12.6. The van der Waals surface area contributed by atoms with Crippen molar-refractivity contribution in [1.82, 2.24) is 0 Å². The molecule has 18 heavy (non-hydrogen) atoms. The average molecular weight is 247 g/mol. The van der Waals surface area contributed by atoms with E-state index in [-0.39, 0.29) is 0 Å². The number of hydrogen-bond donors (Lipinski definition) is 1. The van der Waals surface area contributed by atoms with Crippen LogP contribution in [0, 0.1) is 0 Å². The molecule has 1 aliphatic heterocycles. The number of nitrogens with zero attached hydrogens (tertiary/aromatic N) is 1. The first-order valence-electron chi connectivity index (χ1n) is 6.17. The Morgan fingerprint density at radius 1 is 1.33 bits per heavy atom. The SMILES string of the molecule is CC(C(=O)O)c1cccc(N2CCC(=O)CC2)c1. The number of ketones is 1. The van der Waals surface area contributed by atoms with Crippen molar-refractivity contribution in [2.75, 3.05) is 18.0 Å². The van der Waals surface area contributed by atoms with Crippen LogP contribution in [-0.2, 0) is 9.59 Å². The smallest absolute Gasteiger partial charge is 0.310 e. The van der Waals surface area contributed by atoms with Gasteiger partial charge in [0, 0.05) is 31.6 Å². The maximum absolute atomic E-state index is 11.2. The van der Waals surface area contributed by atoms with E-state index in [1.54, 1.807) is 6.92 Å². The minimum absolute atomic E-state index is 0.307. The second-order valence-corrected chi connectivity index (χ2v) is 4.68. The Bertz CT molecular complexity index is 460. The standard InChI is InChI=1S/C14H17NO3/c1-10(14(17)18)11-3-2-4-12(9-11)15-7-5-13(16)6-8-15/h2-4,9-10H,5-8H2,1H3,(H,17,18). The third kappa shape index (κ3) is 2.70. The first-order chi connectivity index (χ1) is 8.58. The van der Waals surface area contributed by atoms with Gasteiger partial charge in [-0.3, -0.25) is 9.59 Å². The number of piperidine rings is 1. The summed E-state index contributed by atoms with van der Waals surface area (Å²) >= 11 is 0. The zero-order chi connectivity index (χ0) is 13.1. The van der Waals surface area contributed by atoms with Crippen LogP contribution in [0.15, 0.2) is 24.3 Å². The van der Waals surface area contributed by atoms with E-state index in [1.807, 2.05) is 24.3 Å². The van der Waals surface area contributed by atoms with Crippen LogP contribution in [0.3, 0.4) is 0 Å². The molecule has 0 saturated carbocycles. The Kier molecular flexibility index (Phi) is 3.65. The average Bonchev–Trinajstić information content (AvgIpc) is 2.38. The number of anilines is 1. The quantitative estimate of drug-likeness (QED) is 0.888. The molecule has 4 heteroatoms. The van der Waals surface area contributed by atoms with Gasteiger partial charge in [0.2, 0.25) is 0 Å². The number of benzene rings is 1. The number of hydrogen-bond acceptors (Lipinski definition) is 3. The number of carboxylic acid groups (broad SMARTS) is 1. The largest absolute Gasteiger partial charge is 0.481 e. The van der Waals surface area contributed by atoms with Crippen LogP contribution in [0.1, 0.15) is 31.2 Å². The molecule has 4 nitrogen and oxygen atoms in total. The molecule has 0 amide bonds. The first-order valence-corrected chi connectivity index (χ1v) is 6.17. The Labute approximate surface area is 106 Å². The fraction of sp³-hybridized carbons (Fsp3) is 0.429. The van der Waals surface area contributed by atoms with Crippen molar-refractivity contribution in [3.05, 3.63) is 29.8 Å². The second-order valence-electron chi connectivity index (χ2n) is 4.68. The molecule has 0 spiro atoms. The molecule has 1 aliphatic rings. The minimum atomic E-state index is -0.819. The van der Waals surface area contributed by atoms with Gasteiger partial charge in [0.05, 0.1) is 5.92 Å². The molecule has 2 rings (SSSR count). The normalized spacial score (nSPS) is 17.6. The Morgan fingerprint density at radius 3 is 2.61 bits per heavy atom. The third-order valence-corrected chi connectivity index (χ3v) is 3.43. The van der Waals surface area contributed by atoms with Gasteiger partial charge in [-0.15, -0.1) is 0 Å². The summed E-state index contributed by atoms with van der Waals surface area (Å²) in [7, 11) is 0. The van der Waals surface area contributed by atoms with E-state index < -0.39 is 11.9 Å². The summed E-state index contributed by atoms with van der Waals surface area (Å²) in [6.07, 6.45) is 1.16. The number of rotatable bonds is 3. The summed E-state index contributed by atoms with van der Waals surface area (Å²) in [6.45, 7) is 3.13. The molecule has 1 atom stereocenters. The predicted octanol–water partition coefficient (Wildman–Crippen LogP) is 2.04. The maximum atomic E-state index is 11.2. The number of carbonyl (C=O) groups is 2. The van der Waals surface area contributed by atoms with E-state index in [0.29, 0.717) is 18.6 Å². The van der Waals surface area contributed by atoms with E-state index in [1.165, 1.54) is 0 Å².